The maximum absolute atomic E-state index is 13.6. The first-order valence-corrected chi connectivity index (χ1v) is 7.49. The molecule has 0 aliphatic heterocycles. The second kappa shape index (κ2) is 7.48. The zero-order valence-corrected chi connectivity index (χ0v) is 13.0. The van der Waals surface area contributed by atoms with E-state index in [-0.39, 0.29) is 23.9 Å². The van der Waals surface area contributed by atoms with Crippen molar-refractivity contribution >= 4 is 17.5 Å². The molecule has 0 unspecified atom stereocenters. The molecule has 0 aliphatic carbocycles. The third kappa shape index (κ3) is 4.14. The number of rotatable bonds is 5. The van der Waals surface area contributed by atoms with Crippen LogP contribution in [0.4, 0.5) is 20.4 Å². The van der Waals surface area contributed by atoms with Gasteiger partial charge in [-0.1, -0.05) is 30.3 Å². The van der Waals surface area contributed by atoms with Crippen LogP contribution in [0.5, 0.6) is 0 Å². The van der Waals surface area contributed by atoms with Crippen LogP contribution in [0.15, 0.2) is 60.8 Å². The van der Waals surface area contributed by atoms with Crippen molar-refractivity contribution in [1.82, 2.24) is 15.3 Å². The largest absolute Gasteiger partial charge is 0.347 e. The van der Waals surface area contributed by atoms with E-state index in [1.165, 1.54) is 30.5 Å². The Labute approximate surface area is 142 Å². The van der Waals surface area contributed by atoms with Crippen LogP contribution < -0.4 is 10.6 Å². The molecule has 0 aliphatic rings. The standard InChI is InChI=1S/C18H14F2N4O/c19-13-6-2-1-5-12(13)11-22-17(25)16-9-10-21-18(24-16)23-15-8-4-3-7-14(15)20/h1-10H,11H2,(H,22,25)(H,21,23,24). The highest BCUT2D eigenvalue weighted by Crippen LogP contribution is 2.16. The average molecular weight is 340 g/mol. The molecular weight excluding hydrogens is 326 g/mol. The Morgan fingerprint density at radius 3 is 2.44 bits per heavy atom. The van der Waals surface area contributed by atoms with Crippen molar-refractivity contribution in [2.45, 2.75) is 6.54 Å². The van der Waals surface area contributed by atoms with Gasteiger partial charge in [-0.3, -0.25) is 4.79 Å². The lowest BCUT2D eigenvalue weighted by molar-refractivity contribution is 0.0945. The molecule has 0 saturated carbocycles. The molecule has 0 saturated heterocycles. The summed E-state index contributed by atoms with van der Waals surface area (Å²) in [7, 11) is 0. The molecule has 7 heteroatoms. The van der Waals surface area contributed by atoms with Crippen molar-refractivity contribution in [1.29, 1.82) is 0 Å². The molecular formula is C18H14F2N4O. The van der Waals surface area contributed by atoms with E-state index in [9.17, 15) is 13.6 Å². The molecule has 2 N–H and O–H groups in total. The Morgan fingerprint density at radius 2 is 1.68 bits per heavy atom. The van der Waals surface area contributed by atoms with Crippen molar-refractivity contribution in [3.8, 4) is 0 Å². The second-order valence-corrected chi connectivity index (χ2v) is 5.14. The van der Waals surface area contributed by atoms with Crippen LogP contribution in [0.3, 0.4) is 0 Å². The lowest BCUT2D eigenvalue weighted by Gasteiger charge is -2.08. The third-order valence-corrected chi connectivity index (χ3v) is 3.41. The Kier molecular flexibility index (Phi) is 4.94. The second-order valence-electron chi connectivity index (χ2n) is 5.14. The fraction of sp³-hybridized carbons (Fsp3) is 0.0556. The first-order valence-electron chi connectivity index (χ1n) is 7.49. The normalized spacial score (nSPS) is 10.3. The van der Waals surface area contributed by atoms with E-state index in [2.05, 4.69) is 20.6 Å². The molecule has 3 aromatic rings. The average Bonchev–Trinajstić information content (AvgIpc) is 2.63. The smallest absolute Gasteiger partial charge is 0.270 e. The lowest BCUT2D eigenvalue weighted by Crippen LogP contribution is -2.24. The van der Waals surface area contributed by atoms with Crippen molar-refractivity contribution in [3.63, 3.8) is 0 Å². The Morgan fingerprint density at radius 1 is 0.960 bits per heavy atom. The van der Waals surface area contributed by atoms with Gasteiger partial charge in [-0.05, 0) is 24.3 Å². The predicted octanol–water partition coefficient (Wildman–Crippen LogP) is 3.43. The summed E-state index contributed by atoms with van der Waals surface area (Å²) >= 11 is 0. The van der Waals surface area contributed by atoms with E-state index in [4.69, 9.17) is 0 Å². The maximum Gasteiger partial charge on any atom is 0.270 e. The van der Waals surface area contributed by atoms with Gasteiger partial charge < -0.3 is 10.6 Å². The van der Waals surface area contributed by atoms with E-state index in [1.807, 2.05) is 0 Å². The number of aromatic nitrogens is 2. The number of halogens is 2. The van der Waals surface area contributed by atoms with Crippen molar-refractivity contribution in [2.75, 3.05) is 5.32 Å². The first-order chi connectivity index (χ1) is 12.1. The Balaban J connectivity index is 1.69. The molecule has 2 aromatic carbocycles. The van der Waals surface area contributed by atoms with Gasteiger partial charge in [-0.15, -0.1) is 0 Å². The van der Waals surface area contributed by atoms with Crippen LogP contribution in [0, 0.1) is 11.6 Å². The van der Waals surface area contributed by atoms with E-state index < -0.39 is 17.5 Å². The van der Waals surface area contributed by atoms with Gasteiger partial charge in [0.15, 0.2) is 0 Å². The summed E-state index contributed by atoms with van der Waals surface area (Å²) in [5, 5.41) is 5.30. The monoisotopic (exact) mass is 340 g/mol. The number of hydrogen-bond acceptors (Lipinski definition) is 4. The van der Waals surface area contributed by atoms with E-state index >= 15 is 0 Å². The molecule has 5 nitrogen and oxygen atoms in total. The fourth-order valence-electron chi connectivity index (χ4n) is 2.14. The highest BCUT2D eigenvalue weighted by atomic mass is 19.1. The van der Waals surface area contributed by atoms with E-state index in [1.54, 1.807) is 30.3 Å². The van der Waals surface area contributed by atoms with Crippen LogP contribution in [0.25, 0.3) is 0 Å². The molecule has 1 aromatic heterocycles. The van der Waals surface area contributed by atoms with Gasteiger partial charge in [-0.2, -0.15) is 0 Å². The summed E-state index contributed by atoms with van der Waals surface area (Å²) in [5.74, 6) is -1.25. The number of anilines is 2. The number of carbonyl (C=O) groups is 1. The summed E-state index contributed by atoms with van der Waals surface area (Å²) in [6.07, 6.45) is 1.38. The molecule has 1 heterocycles. The molecule has 126 valence electrons. The number of hydrogen-bond donors (Lipinski definition) is 2. The number of para-hydroxylation sites is 1. The molecule has 25 heavy (non-hydrogen) atoms. The van der Waals surface area contributed by atoms with E-state index in [0.717, 1.165) is 0 Å². The molecule has 0 bridgehead atoms. The van der Waals surface area contributed by atoms with Crippen LogP contribution in [0.1, 0.15) is 16.1 Å². The number of nitrogens with zero attached hydrogens (tertiary/aromatic N) is 2. The van der Waals surface area contributed by atoms with Gasteiger partial charge in [-0.25, -0.2) is 18.7 Å². The SMILES string of the molecule is O=C(NCc1ccccc1F)c1ccnc(Nc2ccccc2F)n1. The summed E-state index contributed by atoms with van der Waals surface area (Å²) in [5.41, 5.74) is 0.659. The summed E-state index contributed by atoms with van der Waals surface area (Å²) in [4.78, 5) is 20.2. The first kappa shape index (κ1) is 16.5. The number of benzene rings is 2. The maximum atomic E-state index is 13.6. The fourth-order valence-corrected chi connectivity index (χ4v) is 2.14. The molecule has 0 spiro atoms. The van der Waals surface area contributed by atoms with Gasteiger partial charge >= 0.3 is 0 Å². The van der Waals surface area contributed by atoms with Crippen LogP contribution in [-0.2, 0) is 6.54 Å². The minimum Gasteiger partial charge on any atom is -0.347 e. The van der Waals surface area contributed by atoms with Gasteiger partial charge in [0.05, 0.1) is 5.69 Å². The van der Waals surface area contributed by atoms with Gasteiger partial charge in [0, 0.05) is 18.3 Å². The molecule has 0 fully saturated rings. The molecule has 0 atom stereocenters. The minimum atomic E-state index is -0.484. The minimum absolute atomic E-state index is 0.0333. The number of nitrogens with one attached hydrogen (secondary N) is 2. The number of amides is 1. The summed E-state index contributed by atoms with van der Waals surface area (Å²) in [6.45, 7) is 0.0333. The summed E-state index contributed by atoms with van der Waals surface area (Å²) in [6, 6.07) is 13.6. The Hall–Kier alpha value is -3.35. The highest BCUT2D eigenvalue weighted by Gasteiger charge is 2.11. The topological polar surface area (TPSA) is 66.9 Å². The predicted molar refractivity (Wildman–Crippen MR) is 89.3 cm³/mol. The van der Waals surface area contributed by atoms with E-state index in [0.29, 0.717) is 5.56 Å². The third-order valence-electron chi connectivity index (χ3n) is 3.41. The van der Waals surface area contributed by atoms with Crippen molar-refractivity contribution in [2.24, 2.45) is 0 Å². The van der Waals surface area contributed by atoms with Gasteiger partial charge in [0.1, 0.15) is 17.3 Å². The molecule has 3 rings (SSSR count). The summed E-state index contributed by atoms with van der Waals surface area (Å²) < 4.78 is 27.2. The van der Waals surface area contributed by atoms with Crippen molar-refractivity contribution < 1.29 is 13.6 Å². The molecule has 1 amide bonds. The van der Waals surface area contributed by atoms with Crippen molar-refractivity contribution in [3.05, 3.63) is 83.7 Å². The Bertz CT molecular complexity index is 902. The lowest BCUT2D eigenvalue weighted by atomic mass is 10.2. The van der Waals surface area contributed by atoms with Crippen LogP contribution in [-0.4, -0.2) is 15.9 Å². The zero-order chi connectivity index (χ0) is 17.6. The zero-order valence-electron chi connectivity index (χ0n) is 13.0. The molecule has 0 radical (unpaired) electrons. The quantitative estimate of drug-likeness (QED) is 0.747. The van der Waals surface area contributed by atoms with Crippen LogP contribution >= 0.6 is 0 Å². The number of carbonyl (C=O) groups excluding carboxylic acids is 1. The highest BCUT2D eigenvalue weighted by molar-refractivity contribution is 5.92. The van der Waals surface area contributed by atoms with Gasteiger partial charge in [0.2, 0.25) is 5.95 Å². The van der Waals surface area contributed by atoms with Crippen LogP contribution in [0.2, 0.25) is 0 Å². The van der Waals surface area contributed by atoms with Gasteiger partial charge in [0.25, 0.3) is 5.91 Å².